The quantitative estimate of drug-likeness (QED) is 0.475. The molecule has 0 atom stereocenters. The molecule has 0 spiro atoms. The Bertz CT molecular complexity index is 769. The van der Waals surface area contributed by atoms with Gasteiger partial charge in [-0.1, -0.05) is 44.0 Å². The van der Waals surface area contributed by atoms with Crippen molar-refractivity contribution >= 4 is 0 Å². The van der Waals surface area contributed by atoms with Crippen LogP contribution in [-0.2, 0) is 6.18 Å². The van der Waals surface area contributed by atoms with Gasteiger partial charge in [0.15, 0.2) is 0 Å². The molecule has 2 aromatic rings. The standard InChI is InChI=1S/C22H23F5/c1-2-3-14-4-6-15(7-5-14)16-8-10-17(11-9-16)18-12-13-19(23)20(21(18)24)22(25,26)27/h8-15H,2-7H2,1H3. The summed E-state index contributed by atoms with van der Waals surface area (Å²) in [6, 6.07) is 8.70. The third kappa shape index (κ3) is 4.33. The molecule has 0 amide bonds. The van der Waals surface area contributed by atoms with Gasteiger partial charge in [-0.2, -0.15) is 13.2 Å². The fraction of sp³-hybridized carbons (Fsp3) is 0.455. The Hall–Kier alpha value is -1.91. The topological polar surface area (TPSA) is 0 Å². The van der Waals surface area contributed by atoms with Crippen LogP contribution >= 0.6 is 0 Å². The maximum absolute atomic E-state index is 14.3. The fourth-order valence-corrected chi connectivity index (χ4v) is 4.16. The van der Waals surface area contributed by atoms with E-state index in [1.807, 2.05) is 12.1 Å². The van der Waals surface area contributed by atoms with Crippen molar-refractivity contribution in [2.45, 2.75) is 57.5 Å². The summed E-state index contributed by atoms with van der Waals surface area (Å²) in [5, 5.41) is 0. The van der Waals surface area contributed by atoms with Crippen LogP contribution in [-0.4, -0.2) is 0 Å². The first-order valence-electron chi connectivity index (χ1n) is 9.46. The minimum absolute atomic E-state index is 0.234. The summed E-state index contributed by atoms with van der Waals surface area (Å²) < 4.78 is 66.6. The average molecular weight is 382 g/mol. The second kappa shape index (κ2) is 7.99. The molecule has 0 aliphatic heterocycles. The molecule has 0 aromatic heterocycles. The minimum Gasteiger partial charge on any atom is -0.206 e. The van der Waals surface area contributed by atoms with Crippen molar-refractivity contribution < 1.29 is 22.0 Å². The molecule has 0 N–H and O–H groups in total. The van der Waals surface area contributed by atoms with Crippen LogP contribution in [0.2, 0.25) is 0 Å². The van der Waals surface area contributed by atoms with E-state index >= 15 is 0 Å². The second-order valence-corrected chi connectivity index (χ2v) is 7.41. The third-order valence-corrected chi connectivity index (χ3v) is 5.61. The molecule has 0 nitrogen and oxygen atoms in total. The molecule has 0 heterocycles. The highest BCUT2D eigenvalue weighted by molar-refractivity contribution is 5.66. The van der Waals surface area contributed by atoms with Gasteiger partial charge in [-0.15, -0.1) is 0 Å². The van der Waals surface area contributed by atoms with Gasteiger partial charge in [0.25, 0.3) is 0 Å². The van der Waals surface area contributed by atoms with Gasteiger partial charge in [-0.25, -0.2) is 8.78 Å². The van der Waals surface area contributed by atoms with E-state index in [1.165, 1.54) is 25.7 Å². The summed E-state index contributed by atoms with van der Waals surface area (Å²) in [6.07, 6.45) is 2.00. The summed E-state index contributed by atoms with van der Waals surface area (Å²) in [4.78, 5) is 0. The summed E-state index contributed by atoms with van der Waals surface area (Å²) in [5.74, 6) is -1.92. The van der Waals surface area contributed by atoms with E-state index in [1.54, 1.807) is 12.1 Å². The van der Waals surface area contributed by atoms with Crippen LogP contribution in [0, 0.1) is 17.6 Å². The molecule has 0 bridgehead atoms. The predicted octanol–water partition coefficient (Wildman–Crippen LogP) is 7.72. The van der Waals surface area contributed by atoms with E-state index in [0.29, 0.717) is 17.5 Å². The molecule has 1 aliphatic carbocycles. The van der Waals surface area contributed by atoms with Crippen molar-refractivity contribution in [3.8, 4) is 11.1 Å². The van der Waals surface area contributed by atoms with Crippen LogP contribution in [0.15, 0.2) is 36.4 Å². The molecule has 1 aliphatic rings. The van der Waals surface area contributed by atoms with Crippen molar-refractivity contribution in [2.24, 2.45) is 5.92 Å². The zero-order chi connectivity index (χ0) is 19.6. The van der Waals surface area contributed by atoms with E-state index in [9.17, 15) is 22.0 Å². The van der Waals surface area contributed by atoms with Crippen molar-refractivity contribution in [2.75, 3.05) is 0 Å². The number of halogens is 5. The number of rotatable bonds is 4. The van der Waals surface area contributed by atoms with Gasteiger partial charge in [-0.05, 0) is 60.8 Å². The zero-order valence-corrected chi connectivity index (χ0v) is 15.3. The Morgan fingerprint density at radius 1 is 0.889 bits per heavy atom. The highest BCUT2D eigenvalue weighted by Crippen LogP contribution is 2.40. The molecule has 2 aromatic carbocycles. The van der Waals surface area contributed by atoms with Crippen LogP contribution in [0.3, 0.4) is 0 Å². The first kappa shape index (κ1) is 19.8. The Balaban J connectivity index is 1.81. The average Bonchev–Trinajstić information content (AvgIpc) is 2.62. The van der Waals surface area contributed by atoms with Crippen LogP contribution in [0.1, 0.15) is 62.5 Å². The molecule has 1 saturated carbocycles. The molecule has 3 rings (SSSR count). The second-order valence-electron chi connectivity index (χ2n) is 7.41. The molecule has 0 saturated heterocycles. The van der Waals surface area contributed by atoms with Gasteiger partial charge in [0, 0.05) is 5.56 Å². The highest BCUT2D eigenvalue weighted by atomic mass is 19.4. The molecule has 0 unspecified atom stereocenters. The number of alkyl halides is 3. The number of hydrogen-bond acceptors (Lipinski definition) is 0. The Morgan fingerprint density at radius 3 is 2.07 bits per heavy atom. The number of benzene rings is 2. The van der Waals surface area contributed by atoms with Gasteiger partial charge >= 0.3 is 6.18 Å². The lowest BCUT2D eigenvalue weighted by Gasteiger charge is -2.28. The minimum atomic E-state index is -5.07. The lowest BCUT2D eigenvalue weighted by Crippen LogP contribution is -2.13. The van der Waals surface area contributed by atoms with Crippen LogP contribution in [0.25, 0.3) is 11.1 Å². The predicted molar refractivity (Wildman–Crippen MR) is 96.4 cm³/mol. The van der Waals surface area contributed by atoms with Crippen molar-refractivity contribution in [1.82, 2.24) is 0 Å². The van der Waals surface area contributed by atoms with Crippen molar-refractivity contribution in [1.29, 1.82) is 0 Å². The maximum atomic E-state index is 14.3. The molecule has 27 heavy (non-hydrogen) atoms. The van der Waals surface area contributed by atoms with E-state index in [2.05, 4.69) is 6.92 Å². The molecular formula is C22H23F5. The Morgan fingerprint density at radius 2 is 1.52 bits per heavy atom. The Kier molecular flexibility index (Phi) is 5.87. The summed E-state index contributed by atoms with van der Waals surface area (Å²) in [6.45, 7) is 2.20. The van der Waals surface area contributed by atoms with E-state index in [-0.39, 0.29) is 5.56 Å². The molecule has 5 heteroatoms. The third-order valence-electron chi connectivity index (χ3n) is 5.61. The van der Waals surface area contributed by atoms with Crippen LogP contribution in [0.4, 0.5) is 22.0 Å². The smallest absolute Gasteiger partial charge is 0.206 e. The van der Waals surface area contributed by atoms with Crippen LogP contribution < -0.4 is 0 Å². The van der Waals surface area contributed by atoms with Gasteiger partial charge in [0.05, 0.1) is 0 Å². The van der Waals surface area contributed by atoms with E-state index in [0.717, 1.165) is 30.4 Å². The molecule has 1 fully saturated rings. The first-order chi connectivity index (χ1) is 12.8. The van der Waals surface area contributed by atoms with E-state index in [4.69, 9.17) is 0 Å². The Labute approximate surface area is 156 Å². The lowest BCUT2D eigenvalue weighted by molar-refractivity contribution is -0.142. The molecule has 0 radical (unpaired) electrons. The molecular weight excluding hydrogens is 359 g/mol. The SMILES string of the molecule is CCCC1CCC(c2ccc(-c3ccc(F)c(C(F)(F)F)c3F)cc2)CC1. The summed E-state index contributed by atoms with van der Waals surface area (Å²) in [5.41, 5.74) is -0.617. The summed E-state index contributed by atoms with van der Waals surface area (Å²) in [7, 11) is 0. The highest BCUT2D eigenvalue weighted by Gasteiger charge is 2.38. The van der Waals surface area contributed by atoms with Gasteiger partial charge in [-0.3, -0.25) is 0 Å². The first-order valence-corrected chi connectivity index (χ1v) is 9.46. The maximum Gasteiger partial charge on any atom is 0.422 e. The van der Waals surface area contributed by atoms with E-state index < -0.39 is 23.4 Å². The summed E-state index contributed by atoms with van der Waals surface area (Å²) >= 11 is 0. The van der Waals surface area contributed by atoms with Gasteiger partial charge in [0.1, 0.15) is 17.2 Å². The number of hydrogen-bond donors (Lipinski definition) is 0. The van der Waals surface area contributed by atoms with Crippen LogP contribution in [0.5, 0.6) is 0 Å². The van der Waals surface area contributed by atoms with Gasteiger partial charge < -0.3 is 0 Å². The largest absolute Gasteiger partial charge is 0.422 e. The van der Waals surface area contributed by atoms with Gasteiger partial charge in [0.2, 0.25) is 0 Å². The lowest BCUT2D eigenvalue weighted by atomic mass is 9.77. The zero-order valence-electron chi connectivity index (χ0n) is 15.3. The van der Waals surface area contributed by atoms with Crippen molar-refractivity contribution in [3.05, 3.63) is 59.2 Å². The normalized spacial score (nSPS) is 20.7. The monoisotopic (exact) mass is 382 g/mol. The molecule has 146 valence electrons. The van der Waals surface area contributed by atoms with Crippen molar-refractivity contribution in [3.63, 3.8) is 0 Å². The fourth-order valence-electron chi connectivity index (χ4n) is 4.16.